The van der Waals surface area contributed by atoms with Crippen LogP contribution in [0.15, 0.2) is 18.2 Å². The zero-order valence-corrected chi connectivity index (χ0v) is 15.6. The minimum atomic E-state index is -0.0830. The van der Waals surface area contributed by atoms with Crippen molar-refractivity contribution in [2.24, 2.45) is 5.92 Å². The number of rotatable bonds is 3. The Hall–Kier alpha value is -2.83. The Morgan fingerprint density at radius 1 is 1.18 bits per heavy atom. The molecule has 144 valence electrons. The van der Waals surface area contributed by atoms with Crippen molar-refractivity contribution in [3.05, 3.63) is 40.8 Å². The van der Waals surface area contributed by atoms with Crippen molar-refractivity contribution in [3.8, 4) is 11.5 Å². The topological polar surface area (TPSA) is 76.6 Å². The molecule has 1 amide bonds. The average Bonchev–Trinajstić information content (AvgIpc) is 3.29. The van der Waals surface area contributed by atoms with Crippen LogP contribution in [-0.2, 0) is 12.8 Å². The van der Waals surface area contributed by atoms with Gasteiger partial charge < -0.3 is 19.7 Å². The van der Waals surface area contributed by atoms with Crippen LogP contribution in [0.5, 0.6) is 11.5 Å². The van der Waals surface area contributed by atoms with Crippen LogP contribution in [0.4, 0.5) is 5.82 Å². The minimum absolute atomic E-state index is 0.0830. The summed E-state index contributed by atoms with van der Waals surface area (Å²) in [6.45, 7) is 1.97. The van der Waals surface area contributed by atoms with Crippen LogP contribution in [0.2, 0.25) is 0 Å². The third-order valence-corrected chi connectivity index (χ3v) is 6.43. The molecular weight excluding hydrogens is 356 g/mol. The lowest BCUT2D eigenvalue weighted by Gasteiger charge is -2.46. The fourth-order valence-corrected chi connectivity index (χ4v) is 5.00. The van der Waals surface area contributed by atoms with E-state index in [4.69, 9.17) is 14.5 Å². The summed E-state index contributed by atoms with van der Waals surface area (Å²) in [4.78, 5) is 24.5. The van der Waals surface area contributed by atoms with Gasteiger partial charge in [0.25, 0.3) is 5.91 Å². The Labute approximate surface area is 163 Å². The van der Waals surface area contributed by atoms with E-state index in [0.29, 0.717) is 30.5 Å². The molecule has 1 saturated heterocycles. The fourth-order valence-electron chi connectivity index (χ4n) is 5.00. The van der Waals surface area contributed by atoms with Gasteiger partial charge >= 0.3 is 0 Å². The van der Waals surface area contributed by atoms with Crippen LogP contribution in [0.3, 0.4) is 0 Å². The van der Waals surface area contributed by atoms with E-state index in [1.807, 2.05) is 18.2 Å². The van der Waals surface area contributed by atoms with Gasteiger partial charge in [0.15, 0.2) is 11.5 Å². The molecule has 0 radical (unpaired) electrons. The highest BCUT2D eigenvalue weighted by molar-refractivity contribution is 5.96. The molecule has 7 nitrogen and oxygen atoms in total. The Morgan fingerprint density at radius 2 is 2.11 bits per heavy atom. The Balaban J connectivity index is 1.38. The number of aromatic nitrogens is 2. The number of anilines is 1. The number of hydrogen-bond acceptors (Lipinski definition) is 6. The SMILES string of the molecule is O=C1NCCc2c1nc(Cc1ccc3c(c1)OCO3)nc2N1C[C@@H]2CCC[C@@H]21. The summed E-state index contributed by atoms with van der Waals surface area (Å²) in [6, 6.07) is 6.48. The van der Waals surface area contributed by atoms with Crippen molar-refractivity contribution >= 4 is 11.7 Å². The maximum atomic E-state index is 12.5. The maximum Gasteiger partial charge on any atom is 0.270 e. The van der Waals surface area contributed by atoms with E-state index < -0.39 is 0 Å². The molecule has 2 aromatic rings. The predicted molar refractivity (Wildman–Crippen MR) is 102 cm³/mol. The highest BCUT2D eigenvalue weighted by Crippen LogP contribution is 2.43. The molecule has 28 heavy (non-hydrogen) atoms. The first-order chi connectivity index (χ1) is 13.8. The third-order valence-electron chi connectivity index (χ3n) is 6.43. The number of ether oxygens (including phenoxy) is 2. The molecule has 0 spiro atoms. The molecule has 1 aliphatic carbocycles. The molecule has 4 heterocycles. The molecule has 7 heteroatoms. The predicted octanol–water partition coefficient (Wildman–Crippen LogP) is 2.07. The normalized spacial score (nSPS) is 24.4. The zero-order valence-electron chi connectivity index (χ0n) is 15.6. The van der Waals surface area contributed by atoms with E-state index >= 15 is 0 Å². The Kier molecular flexibility index (Phi) is 3.51. The molecule has 1 saturated carbocycles. The van der Waals surface area contributed by atoms with Crippen molar-refractivity contribution < 1.29 is 14.3 Å². The molecule has 0 unspecified atom stereocenters. The van der Waals surface area contributed by atoms with Crippen LogP contribution in [0.25, 0.3) is 0 Å². The largest absolute Gasteiger partial charge is 0.454 e. The van der Waals surface area contributed by atoms with Crippen LogP contribution >= 0.6 is 0 Å². The average molecular weight is 378 g/mol. The van der Waals surface area contributed by atoms with Crippen LogP contribution < -0.4 is 19.7 Å². The summed E-state index contributed by atoms with van der Waals surface area (Å²) in [5, 5.41) is 2.93. The molecule has 6 rings (SSSR count). The lowest BCUT2D eigenvalue weighted by molar-refractivity contribution is 0.0939. The molecule has 1 aromatic heterocycles. The van der Waals surface area contributed by atoms with E-state index in [-0.39, 0.29) is 12.7 Å². The quantitative estimate of drug-likeness (QED) is 0.881. The first-order valence-electron chi connectivity index (χ1n) is 10.1. The number of nitrogens with one attached hydrogen (secondary N) is 1. The van der Waals surface area contributed by atoms with Crippen molar-refractivity contribution in [2.45, 2.75) is 38.1 Å². The van der Waals surface area contributed by atoms with Gasteiger partial charge in [0.1, 0.15) is 17.3 Å². The number of hydrogen-bond donors (Lipinski definition) is 1. The summed E-state index contributed by atoms with van der Waals surface area (Å²) < 4.78 is 10.9. The Bertz CT molecular complexity index is 976. The minimum Gasteiger partial charge on any atom is -0.454 e. The number of nitrogens with zero attached hydrogens (tertiary/aromatic N) is 3. The van der Waals surface area contributed by atoms with Gasteiger partial charge in [0.05, 0.1) is 0 Å². The van der Waals surface area contributed by atoms with Gasteiger partial charge in [-0.2, -0.15) is 0 Å². The summed E-state index contributed by atoms with van der Waals surface area (Å²) in [6.07, 6.45) is 5.20. The number of carbonyl (C=O) groups is 1. The second-order valence-electron chi connectivity index (χ2n) is 8.07. The van der Waals surface area contributed by atoms with Crippen molar-refractivity contribution in [2.75, 3.05) is 24.8 Å². The summed E-state index contributed by atoms with van der Waals surface area (Å²) in [7, 11) is 0. The van der Waals surface area contributed by atoms with Crippen molar-refractivity contribution in [1.29, 1.82) is 0 Å². The van der Waals surface area contributed by atoms with Gasteiger partial charge in [-0.15, -0.1) is 0 Å². The molecular formula is C21H22N4O3. The second-order valence-corrected chi connectivity index (χ2v) is 8.07. The van der Waals surface area contributed by atoms with Crippen LogP contribution in [0.1, 0.15) is 46.7 Å². The van der Waals surface area contributed by atoms with Crippen molar-refractivity contribution in [3.63, 3.8) is 0 Å². The number of fused-ring (bicyclic) bond motifs is 3. The number of benzene rings is 1. The number of carbonyl (C=O) groups excluding carboxylic acids is 1. The molecule has 4 aliphatic rings. The highest BCUT2D eigenvalue weighted by atomic mass is 16.7. The number of amides is 1. The molecule has 0 bridgehead atoms. The smallest absolute Gasteiger partial charge is 0.270 e. The van der Waals surface area contributed by atoms with Gasteiger partial charge in [-0.05, 0) is 42.9 Å². The summed E-state index contributed by atoms with van der Waals surface area (Å²) in [5.74, 6) is 3.90. The molecule has 2 fully saturated rings. The molecule has 1 N–H and O–H groups in total. The Morgan fingerprint density at radius 3 is 3.04 bits per heavy atom. The molecule has 1 aromatic carbocycles. The van der Waals surface area contributed by atoms with E-state index in [2.05, 4.69) is 15.2 Å². The van der Waals surface area contributed by atoms with Crippen LogP contribution in [0, 0.1) is 5.92 Å². The summed E-state index contributed by atoms with van der Waals surface area (Å²) in [5.41, 5.74) is 2.62. The van der Waals surface area contributed by atoms with Gasteiger partial charge in [0.2, 0.25) is 6.79 Å². The maximum absolute atomic E-state index is 12.5. The third kappa shape index (κ3) is 2.45. The van der Waals surface area contributed by atoms with Gasteiger partial charge in [-0.25, -0.2) is 9.97 Å². The molecule has 2 atom stereocenters. The van der Waals surface area contributed by atoms with E-state index in [1.165, 1.54) is 19.3 Å². The fraction of sp³-hybridized carbons (Fsp3) is 0.476. The highest BCUT2D eigenvalue weighted by Gasteiger charge is 2.44. The van der Waals surface area contributed by atoms with E-state index in [1.54, 1.807) is 0 Å². The van der Waals surface area contributed by atoms with Crippen LogP contribution in [-0.4, -0.2) is 41.8 Å². The zero-order chi connectivity index (χ0) is 18.7. The monoisotopic (exact) mass is 378 g/mol. The van der Waals surface area contributed by atoms with Gasteiger partial charge in [-0.1, -0.05) is 12.5 Å². The second kappa shape index (κ2) is 6.09. The van der Waals surface area contributed by atoms with E-state index in [0.717, 1.165) is 47.3 Å². The molecule has 3 aliphatic heterocycles. The van der Waals surface area contributed by atoms with Gasteiger partial charge in [-0.3, -0.25) is 4.79 Å². The summed E-state index contributed by atoms with van der Waals surface area (Å²) >= 11 is 0. The van der Waals surface area contributed by atoms with E-state index in [9.17, 15) is 4.79 Å². The first kappa shape index (κ1) is 16.2. The van der Waals surface area contributed by atoms with Crippen molar-refractivity contribution in [1.82, 2.24) is 15.3 Å². The van der Waals surface area contributed by atoms with Gasteiger partial charge in [0, 0.05) is 31.1 Å². The lowest BCUT2D eigenvalue weighted by atomic mass is 9.90. The lowest BCUT2D eigenvalue weighted by Crippen LogP contribution is -2.54. The first-order valence-corrected chi connectivity index (χ1v) is 10.1. The standard InChI is InChI=1S/C21H22N4O3/c26-21-19-14(6-7-22-21)20(25-10-13-2-1-3-15(13)25)24-18(23-19)9-12-4-5-16-17(8-12)28-11-27-16/h4-5,8,13,15H,1-3,6-7,9-11H2,(H,22,26)/t13-,15-/m0/s1.